The van der Waals surface area contributed by atoms with Crippen molar-refractivity contribution in [2.45, 2.75) is 6.54 Å². The largest absolute Gasteiger partial charge is 0.480 e. The Hall–Kier alpha value is -1.95. The Balaban J connectivity index is 2.24. The van der Waals surface area contributed by atoms with Crippen LogP contribution in [0.25, 0.3) is 11.4 Å². The van der Waals surface area contributed by atoms with Gasteiger partial charge in [0.05, 0.1) is 0 Å². The van der Waals surface area contributed by atoms with Crippen molar-refractivity contribution in [1.29, 1.82) is 0 Å². The van der Waals surface area contributed by atoms with E-state index in [1.807, 2.05) is 0 Å². The first-order valence-electron chi connectivity index (χ1n) is 4.41. The number of nitrogens with zero attached hydrogens (tertiary/aromatic N) is 4. The van der Waals surface area contributed by atoms with E-state index in [9.17, 15) is 4.79 Å². The third-order valence-corrected chi connectivity index (χ3v) is 2.08. The first-order valence-corrected chi connectivity index (χ1v) is 4.78. The molecule has 2 aromatic rings. The fourth-order valence-electron chi connectivity index (χ4n) is 1.15. The van der Waals surface area contributed by atoms with Gasteiger partial charge in [-0.05, 0) is 29.5 Å². The summed E-state index contributed by atoms with van der Waals surface area (Å²) in [7, 11) is 0. The second-order valence-corrected chi connectivity index (χ2v) is 3.48. The van der Waals surface area contributed by atoms with Gasteiger partial charge in [0.15, 0.2) is 6.54 Å². The van der Waals surface area contributed by atoms with Gasteiger partial charge in [0.1, 0.15) is 0 Å². The van der Waals surface area contributed by atoms with E-state index in [2.05, 4.69) is 15.4 Å². The van der Waals surface area contributed by atoms with E-state index in [1.165, 1.54) is 0 Å². The minimum absolute atomic E-state index is 0.305. The number of rotatable bonds is 3. The normalized spacial score (nSPS) is 10.3. The highest BCUT2D eigenvalue weighted by Gasteiger charge is 2.07. The van der Waals surface area contributed by atoms with Crippen LogP contribution in [0.2, 0.25) is 5.02 Å². The number of carboxylic acid groups (broad SMARTS) is 1. The number of aromatic nitrogens is 4. The molecule has 16 heavy (non-hydrogen) atoms. The van der Waals surface area contributed by atoms with Crippen LogP contribution in [0.1, 0.15) is 0 Å². The smallest absolute Gasteiger partial charge is 0.327 e. The van der Waals surface area contributed by atoms with Gasteiger partial charge in [-0.1, -0.05) is 11.6 Å². The number of hydrogen-bond acceptors (Lipinski definition) is 4. The molecule has 1 heterocycles. The first kappa shape index (κ1) is 10.6. The number of carbonyl (C=O) groups is 1. The molecule has 1 aromatic carbocycles. The molecule has 82 valence electrons. The SMILES string of the molecule is O=C(O)Cn1nnc(-c2ccc(Cl)cc2)n1. The van der Waals surface area contributed by atoms with Crippen molar-refractivity contribution in [3.05, 3.63) is 29.3 Å². The van der Waals surface area contributed by atoms with E-state index in [4.69, 9.17) is 16.7 Å². The standard InChI is InChI=1S/C9H7ClN4O2/c10-7-3-1-6(2-4-7)9-11-13-14(12-9)5-8(15)16/h1-4H,5H2,(H,15,16). The number of benzene rings is 1. The molecule has 0 fully saturated rings. The molecule has 0 spiro atoms. The van der Waals surface area contributed by atoms with Gasteiger partial charge in [0.25, 0.3) is 0 Å². The minimum atomic E-state index is -1.01. The predicted molar refractivity (Wildman–Crippen MR) is 55.9 cm³/mol. The van der Waals surface area contributed by atoms with Crippen LogP contribution in [0.15, 0.2) is 24.3 Å². The average Bonchev–Trinajstić information content (AvgIpc) is 2.66. The third kappa shape index (κ3) is 2.34. The Labute approximate surface area is 95.5 Å². The fourth-order valence-corrected chi connectivity index (χ4v) is 1.27. The van der Waals surface area contributed by atoms with E-state index in [0.29, 0.717) is 10.8 Å². The molecule has 0 aliphatic heterocycles. The van der Waals surface area contributed by atoms with Crippen molar-refractivity contribution < 1.29 is 9.90 Å². The first-order chi connectivity index (χ1) is 7.65. The summed E-state index contributed by atoms with van der Waals surface area (Å²) in [6.45, 7) is -0.305. The van der Waals surface area contributed by atoms with Crippen LogP contribution in [0.3, 0.4) is 0 Å². The summed E-state index contributed by atoms with van der Waals surface area (Å²) in [4.78, 5) is 11.4. The lowest BCUT2D eigenvalue weighted by Gasteiger charge is -1.94. The topological polar surface area (TPSA) is 80.9 Å². The lowest BCUT2D eigenvalue weighted by molar-refractivity contribution is -0.138. The number of hydrogen-bond donors (Lipinski definition) is 1. The van der Waals surface area contributed by atoms with Crippen LogP contribution in [0, 0.1) is 0 Å². The second kappa shape index (κ2) is 4.28. The van der Waals surface area contributed by atoms with E-state index < -0.39 is 5.97 Å². The second-order valence-electron chi connectivity index (χ2n) is 3.04. The lowest BCUT2D eigenvalue weighted by atomic mass is 10.2. The summed E-state index contributed by atoms with van der Waals surface area (Å²) in [6.07, 6.45) is 0. The van der Waals surface area contributed by atoms with Gasteiger partial charge in [-0.2, -0.15) is 4.80 Å². The molecule has 7 heteroatoms. The minimum Gasteiger partial charge on any atom is -0.480 e. The van der Waals surface area contributed by atoms with E-state index >= 15 is 0 Å². The highest BCUT2D eigenvalue weighted by atomic mass is 35.5. The van der Waals surface area contributed by atoms with E-state index in [0.717, 1.165) is 10.4 Å². The van der Waals surface area contributed by atoms with Crippen LogP contribution in [0.5, 0.6) is 0 Å². The average molecular weight is 239 g/mol. The Kier molecular flexibility index (Phi) is 2.82. The number of carboxylic acids is 1. The zero-order valence-corrected chi connectivity index (χ0v) is 8.79. The van der Waals surface area contributed by atoms with Crippen LogP contribution in [0.4, 0.5) is 0 Å². The van der Waals surface area contributed by atoms with Gasteiger partial charge in [0.2, 0.25) is 5.82 Å². The van der Waals surface area contributed by atoms with Crippen molar-refractivity contribution in [1.82, 2.24) is 20.2 Å². The molecular formula is C9H7ClN4O2. The van der Waals surface area contributed by atoms with Crippen molar-refractivity contribution in [3.63, 3.8) is 0 Å². The maximum absolute atomic E-state index is 10.4. The van der Waals surface area contributed by atoms with Crippen molar-refractivity contribution >= 4 is 17.6 Å². The highest BCUT2D eigenvalue weighted by molar-refractivity contribution is 6.30. The zero-order valence-electron chi connectivity index (χ0n) is 8.04. The molecule has 6 nitrogen and oxygen atoms in total. The van der Waals surface area contributed by atoms with Gasteiger partial charge in [-0.25, -0.2) is 0 Å². The number of aliphatic carboxylic acids is 1. The highest BCUT2D eigenvalue weighted by Crippen LogP contribution is 2.16. The summed E-state index contributed by atoms with van der Waals surface area (Å²) < 4.78 is 0. The Morgan fingerprint density at radius 2 is 2.06 bits per heavy atom. The van der Waals surface area contributed by atoms with Crippen LogP contribution >= 0.6 is 11.6 Å². The Morgan fingerprint density at radius 3 is 2.69 bits per heavy atom. The van der Waals surface area contributed by atoms with Crippen LogP contribution < -0.4 is 0 Å². The molecule has 1 aromatic heterocycles. The summed E-state index contributed by atoms with van der Waals surface area (Å²) in [6, 6.07) is 6.89. The maximum atomic E-state index is 10.4. The van der Waals surface area contributed by atoms with Crippen molar-refractivity contribution in [2.24, 2.45) is 0 Å². The number of halogens is 1. The van der Waals surface area contributed by atoms with E-state index in [1.54, 1.807) is 24.3 Å². The quantitative estimate of drug-likeness (QED) is 0.865. The molecule has 0 aliphatic rings. The molecule has 0 amide bonds. The summed E-state index contributed by atoms with van der Waals surface area (Å²) >= 11 is 5.73. The van der Waals surface area contributed by atoms with Gasteiger partial charge in [-0.3, -0.25) is 4.79 Å². The van der Waals surface area contributed by atoms with Gasteiger partial charge in [0, 0.05) is 10.6 Å². The van der Waals surface area contributed by atoms with Crippen molar-refractivity contribution in [3.8, 4) is 11.4 Å². The number of tetrazole rings is 1. The van der Waals surface area contributed by atoms with Crippen molar-refractivity contribution in [2.75, 3.05) is 0 Å². The van der Waals surface area contributed by atoms with Gasteiger partial charge < -0.3 is 5.11 Å². The fraction of sp³-hybridized carbons (Fsp3) is 0.111. The van der Waals surface area contributed by atoms with Crippen LogP contribution in [-0.4, -0.2) is 31.3 Å². The molecule has 0 bridgehead atoms. The predicted octanol–water partition coefficient (Wildman–Crippen LogP) is 1.08. The van der Waals surface area contributed by atoms with Gasteiger partial charge in [-0.15, -0.1) is 10.2 Å². The molecule has 2 rings (SSSR count). The maximum Gasteiger partial charge on any atom is 0.327 e. The van der Waals surface area contributed by atoms with Crippen LogP contribution in [-0.2, 0) is 11.3 Å². The summed E-state index contributed by atoms with van der Waals surface area (Å²) in [5.74, 6) is -0.641. The van der Waals surface area contributed by atoms with E-state index in [-0.39, 0.29) is 6.54 Å². The molecule has 0 saturated carbocycles. The zero-order chi connectivity index (χ0) is 11.5. The monoisotopic (exact) mass is 238 g/mol. The lowest BCUT2D eigenvalue weighted by Crippen LogP contribution is -2.11. The summed E-state index contributed by atoms with van der Waals surface area (Å²) in [5.41, 5.74) is 0.737. The molecule has 0 unspecified atom stereocenters. The Morgan fingerprint density at radius 1 is 1.38 bits per heavy atom. The van der Waals surface area contributed by atoms with Gasteiger partial charge >= 0.3 is 5.97 Å². The molecular weight excluding hydrogens is 232 g/mol. The third-order valence-electron chi connectivity index (χ3n) is 1.83. The Bertz CT molecular complexity index is 508. The molecule has 1 N–H and O–H groups in total. The molecule has 0 aliphatic carbocycles. The molecule has 0 atom stereocenters. The summed E-state index contributed by atoms with van der Waals surface area (Å²) in [5, 5.41) is 20.4. The molecule has 0 radical (unpaired) electrons. The molecule has 0 saturated heterocycles.